The van der Waals surface area contributed by atoms with Crippen LogP contribution in [0.2, 0.25) is 0 Å². The van der Waals surface area contributed by atoms with Gasteiger partial charge in [-0.1, -0.05) is 38.1 Å². The van der Waals surface area contributed by atoms with E-state index >= 15 is 0 Å². The summed E-state index contributed by atoms with van der Waals surface area (Å²) in [5.41, 5.74) is 2.78. The second kappa shape index (κ2) is 5.68. The van der Waals surface area contributed by atoms with E-state index in [2.05, 4.69) is 38.1 Å². The second-order valence-corrected chi connectivity index (χ2v) is 5.86. The highest BCUT2D eigenvalue weighted by molar-refractivity contribution is 5.23. The van der Waals surface area contributed by atoms with Gasteiger partial charge in [-0.05, 0) is 55.1 Å². The lowest BCUT2D eigenvalue weighted by molar-refractivity contribution is 0.142. The minimum absolute atomic E-state index is 0.0645. The van der Waals surface area contributed by atoms with Gasteiger partial charge in [0.2, 0.25) is 0 Å². The zero-order valence-corrected chi connectivity index (χ0v) is 11.0. The first kappa shape index (κ1) is 12.6. The van der Waals surface area contributed by atoms with Gasteiger partial charge in [-0.2, -0.15) is 0 Å². The maximum absolute atomic E-state index is 9.82. The van der Waals surface area contributed by atoms with Crippen molar-refractivity contribution in [1.29, 1.82) is 0 Å². The van der Waals surface area contributed by atoms with Crippen molar-refractivity contribution in [2.24, 2.45) is 11.8 Å². The fourth-order valence-corrected chi connectivity index (χ4v) is 2.34. The lowest BCUT2D eigenvalue weighted by atomic mass is 9.99. The van der Waals surface area contributed by atoms with E-state index in [4.69, 9.17) is 0 Å². The highest BCUT2D eigenvalue weighted by Crippen LogP contribution is 2.34. The monoisotopic (exact) mass is 232 g/mol. The standard InChI is InChI=1S/C16H24O/c1-12(2)11-14-5-3-13(4-6-14)7-10-16(17)15-8-9-15/h3-6,12,15-17H,7-11H2,1-2H3. The van der Waals surface area contributed by atoms with Gasteiger partial charge in [0.25, 0.3) is 0 Å². The summed E-state index contributed by atoms with van der Waals surface area (Å²) in [6, 6.07) is 8.91. The molecule has 1 saturated carbocycles. The van der Waals surface area contributed by atoms with Gasteiger partial charge in [-0.25, -0.2) is 0 Å². The van der Waals surface area contributed by atoms with E-state index in [1.807, 2.05) is 0 Å². The topological polar surface area (TPSA) is 20.2 Å². The van der Waals surface area contributed by atoms with Crippen LogP contribution in [0.4, 0.5) is 0 Å². The molecule has 1 aromatic carbocycles. The van der Waals surface area contributed by atoms with Crippen molar-refractivity contribution in [2.75, 3.05) is 0 Å². The van der Waals surface area contributed by atoms with Crippen LogP contribution in [0.25, 0.3) is 0 Å². The Morgan fingerprint density at radius 2 is 1.71 bits per heavy atom. The van der Waals surface area contributed by atoms with Crippen molar-refractivity contribution < 1.29 is 5.11 Å². The summed E-state index contributed by atoms with van der Waals surface area (Å²) in [7, 11) is 0. The molecular weight excluding hydrogens is 208 g/mol. The molecule has 94 valence electrons. The van der Waals surface area contributed by atoms with Gasteiger partial charge < -0.3 is 5.11 Å². The molecule has 1 aliphatic carbocycles. The van der Waals surface area contributed by atoms with Crippen LogP contribution in [0.1, 0.15) is 44.2 Å². The van der Waals surface area contributed by atoms with E-state index in [1.165, 1.54) is 24.0 Å². The summed E-state index contributed by atoms with van der Waals surface area (Å²) in [5, 5.41) is 9.82. The summed E-state index contributed by atoms with van der Waals surface area (Å²) >= 11 is 0. The van der Waals surface area contributed by atoms with Crippen LogP contribution in [0.5, 0.6) is 0 Å². The molecule has 0 aliphatic heterocycles. The molecule has 0 aromatic heterocycles. The summed E-state index contributed by atoms with van der Waals surface area (Å²) in [4.78, 5) is 0. The molecule has 0 saturated heterocycles. The summed E-state index contributed by atoms with van der Waals surface area (Å²) in [6.07, 6.45) is 5.49. The Labute approximate surface area is 105 Å². The number of aliphatic hydroxyl groups excluding tert-OH is 1. The van der Waals surface area contributed by atoms with Crippen LogP contribution in [0.15, 0.2) is 24.3 Å². The number of aliphatic hydroxyl groups is 1. The molecule has 1 nitrogen and oxygen atoms in total. The zero-order chi connectivity index (χ0) is 12.3. The molecule has 1 atom stereocenters. The van der Waals surface area contributed by atoms with Crippen LogP contribution in [0, 0.1) is 11.8 Å². The molecule has 0 amide bonds. The number of hydrogen-bond acceptors (Lipinski definition) is 1. The van der Waals surface area contributed by atoms with Crippen LogP contribution >= 0.6 is 0 Å². The second-order valence-electron chi connectivity index (χ2n) is 5.86. The molecule has 1 fully saturated rings. The lowest BCUT2D eigenvalue weighted by Crippen LogP contribution is -2.10. The van der Waals surface area contributed by atoms with Gasteiger partial charge in [-0.15, -0.1) is 0 Å². The van der Waals surface area contributed by atoms with Crippen LogP contribution in [-0.2, 0) is 12.8 Å². The van der Waals surface area contributed by atoms with Gasteiger partial charge in [0.1, 0.15) is 0 Å². The average molecular weight is 232 g/mol. The summed E-state index contributed by atoms with van der Waals surface area (Å²) in [5.74, 6) is 1.33. The van der Waals surface area contributed by atoms with Crippen LogP contribution in [0.3, 0.4) is 0 Å². The highest BCUT2D eigenvalue weighted by atomic mass is 16.3. The van der Waals surface area contributed by atoms with E-state index in [9.17, 15) is 5.11 Å². The minimum Gasteiger partial charge on any atom is -0.393 e. The number of rotatable bonds is 6. The van der Waals surface area contributed by atoms with Crippen LogP contribution in [-0.4, -0.2) is 11.2 Å². The predicted molar refractivity (Wildman–Crippen MR) is 72.0 cm³/mol. The van der Waals surface area contributed by atoms with Gasteiger partial charge in [0.15, 0.2) is 0 Å². The van der Waals surface area contributed by atoms with Crippen molar-refractivity contribution in [3.05, 3.63) is 35.4 Å². The minimum atomic E-state index is -0.0645. The third-order valence-electron chi connectivity index (χ3n) is 3.56. The first-order chi connectivity index (χ1) is 8.15. The van der Waals surface area contributed by atoms with Crippen molar-refractivity contribution in [3.8, 4) is 0 Å². The Kier molecular flexibility index (Phi) is 4.22. The predicted octanol–water partition coefficient (Wildman–Crippen LogP) is 3.59. The molecule has 17 heavy (non-hydrogen) atoms. The van der Waals surface area contributed by atoms with E-state index in [1.54, 1.807) is 0 Å². The molecule has 2 rings (SSSR count). The fourth-order valence-electron chi connectivity index (χ4n) is 2.34. The Hall–Kier alpha value is -0.820. The quantitative estimate of drug-likeness (QED) is 0.794. The first-order valence-electron chi connectivity index (χ1n) is 6.91. The molecule has 0 spiro atoms. The van der Waals surface area contributed by atoms with E-state index in [0.717, 1.165) is 25.2 Å². The summed E-state index contributed by atoms with van der Waals surface area (Å²) < 4.78 is 0. The molecule has 1 unspecified atom stereocenters. The van der Waals surface area contributed by atoms with E-state index in [-0.39, 0.29) is 6.10 Å². The Bertz CT molecular complexity index is 335. The molecule has 0 heterocycles. The van der Waals surface area contributed by atoms with Crippen LogP contribution < -0.4 is 0 Å². The zero-order valence-electron chi connectivity index (χ0n) is 11.0. The molecule has 1 aliphatic rings. The molecule has 0 bridgehead atoms. The fraction of sp³-hybridized carbons (Fsp3) is 0.625. The number of benzene rings is 1. The van der Waals surface area contributed by atoms with Gasteiger partial charge in [0, 0.05) is 0 Å². The Balaban J connectivity index is 1.80. The first-order valence-corrected chi connectivity index (χ1v) is 6.91. The maximum Gasteiger partial charge on any atom is 0.0571 e. The molecule has 1 aromatic rings. The summed E-state index contributed by atoms with van der Waals surface area (Å²) in [6.45, 7) is 4.50. The third-order valence-corrected chi connectivity index (χ3v) is 3.56. The van der Waals surface area contributed by atoms with Gasteiger partial charge in [0.05, 0.1) is 6.10 Å². The number of hydrogen-bond donors (Lipinski definition) is 1. The molecule has 1 N–H and O–H groups in total. The number of aryl methyl sites for hydroxylation is 1. The van der Waals surface area contributed by atoms with E-state index in [0.29, 0.717) is 5.92 Å². The Morgan fingerprint density at radius 3 is 2.24 bits per heavy atom. The molecule has 1 heteroatoms. The normalized spacial score (nSPS) is 17.4. The molecule has 0 radical (unpaired) electrons. The SMILES string of the molecule is CC(C)Cc1ccc(CCC(O)C2CC2)cc1. The lowest BCUT2D eigenvalue weighted by Gasteiger charge is -2.10. The van der Waals surface area contributed by atoms with E-state index < -0.39 is 0 Å². The average Bonchev–Trinajstić information content (AvgIpc) is 3.11. The third kappa shape index (κ3) is 4.16. The Morgan fingerprint density at radius 1 is 1.12 bits per heavy atom. The van der Waals surface area contributed by atoms with Gasteiger partial charge >= 0.3 is 0 Å². The smallest absolute Gasteiger partial charge is 0.0571 e. The maximum atomic E-state index is 9.82. The van der Waals surface area contributed by atoms with Crippen molar-refractivity contribution in [2.45, 2.75) is 52.1 Å². The highest BCUT2D eigenvalue weighted by Gasteiger charge is 2.28. The van der Waals surface area contributed by atoms with Crippen molar-refractivity contribution in [3.63, 3.8) is 0 Å². The molecular formula is C16H24O. The van der Waals surface area contributed by atoms with Crippen molar-refractivity contribution in [1.82, 2.24) is 0 Å². The van der Waals surface area contributed by atoms with Gasteiger partial charge in [-0.3, -0.25) is 0 Å². The van der Waals surface area contributed by atoms with Crippen molar-refractivity contribution >= 4 is 0 Å². The largest absolute Gasteiger partial charge is 0.393 e.